The first-order valence-corrected chi connectivity index (χ1v) is 6.23. The SMILES string of the molecule is CCCCN(CC)CC(O)c1ccccc1. The van der Waals surface area contributed by atoms with Crippen LogP contribution in [0.25, 0.3) is 0 Å². The second kappa shape index (κ2) is 7.42. The summed E-state index contributed by atoms with van der Waals surface area (Å²) in [5, 5.41) is 10.1. The molecule has 0 heterocycles. The summed E-state index contributed by atoms with van der Waals surface area (Å²) in [6.45, 7) is 7.16. The fourth-order valence-electron chi connectivity index (χ4n) is 1.79. The van der Waals surface area contributed by atoms with Crippen LogP contribution in [0, 0.1) is 0 Å². The minimum atomic E-state index is -0.363. The molecule has 0 aliphatic heterocycles. The summed E-state index contributed by atoms with van der Waals surface area (Å²) < 4.78 is 0. The lowest BCUT2D eigenvalue weighted by Gasteiger charge is -2.23. The lowest BCUT2D eigenvalue weighted by molar-refractivity contribution is 0.115. The lowest BCUT2D eigenvalue weighted by atomic mass is 10.1. The van der Waals surface area contributed by atoms with Gasteiger partial charge in [-0.3, -0.25) is 0 Å². The van der Waals surface area contributed by atoms with Crippen LogP contribution in [0.2, 0.25) is 0 Å². The van der Waals surface area contributed by atoms with Crippen molar-refractivity contribution >= 4 is 0 Å². The van der Waals surface area contributed by atoms with Gasteiger partial charge in [0, 0.05) is 6.54 Å². The number of unbranched alkanes of at least 4 members (excludes halogenated alkanes) is 1. The number of likely N-dealkylation sites (N-methyl/N-ethyl adjacent to an activating group) is 1. The molecule has 0 amide bonds. The van der Waals surface area contributed by atoms with E-state index in [1.54, 1.807) is 0 Å². The Morgan fingerprint density at radius 1 is 1.19 bits per heavy atom. The number of nitrogens with zero attached hydrogens (tertiary/aromatic N) is 1. The van der Waals surface area contributed by atoms with E-state index in [1.165, 1.54) is 12.8 Å². The highest BCUT2D eigenvalue weighted by Crippen LogP contribution is 2.13. The molecule has 0 fully saturated rings. The number of hydrogen-bond acceptors (Lipinski definition) is 2. The number of benzene rings is 1. The van der Waals surface area contributed by atoms with Crippen molar-refractivity contribution in [1.29, 1.82) is 0 Å². The van der Waals surface area contributed by atoms with Gasteiger partial charge in [-0.25, -0.2) is 0 Å². The van der Waals surface area contributed by atoms with Gasteiger partial charge in [0.05, 0.1) is 6.10 Å². The minimum absolute atomic E-state index is 0.363. The first-order valence-electron chi connectivity index (χ1n) is 6.23. The van der Waals surface area contributed by atoms with Gasteiger partial charge in [0.15, 0.2) is 0 Å². The van der Waals surface area contributed by atoms with Crippen molar-refractivity contribution in [2.45, 2.75) is 32.8 Å². The predicted octanol–water partition coefficient (Wildman–Crippen LogP) is 2.84. The molecule has 0 saturated carbocycles. The van der Waals surface area contributed by atoms with Crippen molar-refractivity contribution in [1.82, 2.24) is 4.90 Å². The highest BCUT2D eigenvalue weighted by Gasteiger charge is 2.11. The molecule has 16 heavy (non-hydrogen) atoms. The van der Waals surface area contributed by atoms with Gasteiger partial charge in [-0.2, -0.15) is 0 Å². The molecule has 90 valence electrons. The second-order valence-corrected chi connectivity index (χ2v) is 4.17. The van der Waals surface area contributed by atoms with Gasteiger partial charge in [0.2, 0.25) is 0 Å². The molecule has 1 N–H and O–H groups in total. The molecule has 0 aliphatic carbocycles. The average Bonchev–Trinajstić information content (AvgIpc) is 2.35. The van der Waals surface area contributed by atoms with E-state index in [1.807, 2.05) is 30.3 Å². The summed E-state index contributed by atoms with van der Waals surface area (Å²) in [4.78, 5) is 2.31. The Bertz CT molecular complexity index is 273. The van der Waals surface area contributed by atoms with Crippen molar-refractivity contribution in [2.75, 3.05) is 19.6 Å². The molecule has 0 radical (unpaired) electrons. The summed E-state index contributed by atoms with van der Waals surface area (Å²) in [5.41, 5.74) is 1.01. The molecule has 1 unspecified atom stereocenters. The van der Waals surface area contributed by atoms with Crippen LogP contribution in [-0.4, -0.2) is 29.6 Å². The Labute approximate surface area is 98.9 Å². The van der Waals surface area contributed by atoms with E-state index in [4.69, 9.17) is 0 Å². The molecule has 1 aromatic carbocycles. The van der Waals surface area contributed by atoms with Gasteiger partial charge in [-0.15, -0.1) is 0 Å². The number of rotatable bonds is 7. The molecule has 1 atom stereocenters. The molecule has 2 nitrogen and oxygen atoms in total. The molecule has 1 rings (SSSR count). The Balaban J connectivity index is 2.45. The zero-order chi connectivity index (χ0) is 11.8. The Hall–Kier alpha value is -0.860. The zero-order valence-electron chi connectivity index (χ0n) is 10.4. The van der Waals surface area contributed by atoms with Crippen molar-refractivity contribution in [2.24, 2.45) is 0 Å². The topological polar surface area (TPSA) is 23.5 Å². The Morgan fingerprint density at radius 3 is 2.44 bits per heavy atom. The number of hydrogen-bond donors (Lipinski definition) is 1. The maximum atomic E-state index is 10.1. The van der Waals surface area contributed by atoms with E-state index in [0.29, 0.717) is 0 Å². The summed E-state index contributed by atoms with van der Waals surface area (Å²) in [7, 11) is 0. The first kappa shape index (κ1) is 13.2. The van der Waals surface area contributed by atoms with Crippen LogP contribution in [-0.2, 0) is 0 Å². The largest absolute Gasteiger partial charge is 0.387 e. The van der Waals surface area contributed by atoms with Crippen LogP contribution in [0.5, 0.6) is 0 Å². The molecule has 0 bridgehead atoms. The van der Waals surface area contributed by atoms with Crippen LogP contribution in [0.1, 0.15) is 38.4 Å². The van der Waals surface area contributed by atoms with Crippen LogP contribution < -0.4 is 0 Å². The smallest absolute Gasteiger partial charge is 0.0916 e. The minimum Gasteiger partial charge on any atom is -0.387 e. The predicted molar refractivity (Wildman–Crippen MR) is 68.4 cm³/mol. The van der Waals surface area contributed by atoms with Gasteiger partial charge < -0.3 is 10.0 Å². The number of aliphatic hydroxyl groups excluding tert-OH is 1. The fraction of sp³-hybridized carbons (Fsp3) is 0.571. The average molecular weight is 221 g/mol. The van der Waals surface area contributed by atoms with E-state index in [0.717, 1.165) is 25.2 Å². The van der Waals surface area contributed by atoms with Crippen LogP contribution >= 0.6 is 0 Å². The fourth-order valence-corrected chi connectivity index (χ4v) is 1.79. The maximum Gasteiger partial charge on any atom is 0.0916 e. The molecular formula is C14H23NO. The lowest BCUT2D eigenvalue weighted by Crippen LogP contribution is -2.29. The molecule has 1 aromatic rings. The third-order valence-corrected chi connectivity index (χ3v) is 2.89. The van der Waals surface area contributed by atoms with E-state index in [-0.39, 0.29) is 6.10 Å². The van der Waals surface area contributed by atoms with E-state index in [9.17, 15) is 5.11 Å². The maximum absolute atomic E-state index is 10.1. The van der Waals surface area contributed by atoms with E-state index in [2.05, 4.69) is 18.7 Å². The van der Waals surface area contributed by atoms with Gasteiger partial charge in [0.1, 0.15) is 0 Å². The third-order valence-electron chi connectivity index (χ3n) is 2.89. The highest BCUT2D eigenvalue weighted by atomic mass is 16.3. The summed E-state index contributed by atoms with van der Waals surface area (Å²) >= 11 is 0. The van der Waals surface area contributed by atoms with Crippen molar-refractivity contribution in [3.8, 4) is 0 Å². The van der Waals surface area contributed by atoms with E-state index < -0.39 is 0 Å². The Kier molecular flexibility index (Phi) is 6.12. The summed E-state index contributed by atoms with van der Waals surface area (Å²) in [5.74, 6) is 0. The first-order chi connectivity index (χ1) is 7.77. The van der Waals surface area contributed by atoms with Crippen LogP contribution in [0.4, 0.5) is 0 Å². The number of aliphatic hydroxyl groups is 1. The quantitative estimate of drug-likeness (QED) is 0.765. The van der Waals surface area contributed by atoms with Gasteiger partial charge in [-0.05, 0) is 25.1 Å². The van der Waals surface area contributed by atoms with Crippen molar-refractivity contribution in [3.63, 3.8) is 0 Å². The van der Waals surface area contributed by atoms with Crippen LogP contribution in [0.15, 0.2) is 30.3 Å². The molecule has 2 heteroatoms. The van der Waals surface area contributed by atoms with Gasteiger partial charge in [-0.1, -0.05) is 50.6 Å². The standard InChI is InChI=1S/C14H23NO/c1-3-5-11-15(4-2)12-14(16)13-9-7-6-8-10-13/h6-10,14,16H,3-5,11-12H2,1-2H3. The zero-order valence-corrected chi connectivity index (χ0v) is 10.4. The monoisotopic (exact) mass is 221 g/mol. The van der Waals surface area contributed by atoms with Crippen molar-refractivity contribution < 1.29 is 5.11 Å². The molecular weight excluding hydrogens is 198 g/mol. The van der Waals surface area contributed by atoms with E-state index >= 15 is 0 Å². The Morgan fingerprint density at radius 2 is 1.88 bits per heavy atom. The van der Waals surface area contributed by atoms with Crippen molar-refractivity contribution in [3.05, 3.63) is 35.9 Å². The molecule has 0 saturated heterocycles. The molecule has 0 aromatic heterocycles. The van der Waals surface area contributed by atoms with Crippen LogP contribution in [0.3, 0.4) is 0 Å². The van der Waals surface area contributed by atoms with Gasteiger partial charge >= 0.3 is 0 Å². The molecule has 0 aliphatic rings. The molecule has 0 spiro atoms. The normalized spacial score (nSPS) is 13.0. The highest BCUT2D eigenvalue weighted by molar-refractivity contribution is 5.17. The third kappa shape index (κ3) is 4.33. The summed E-state index contributed by atoms with van der Waals surface area (Å²) in [6, 6.07) is 9.89. The van der Waals surface area contributed by atoms with Gasteiger partial charge in [0.25, 0.3) is 0 Å². The second-order valence-electron chi connectivity index (χ2n) is 4.17. The summed E-state index contributed by atoms with van der Waals surface area (Å²) in [6.07, 6.45) is 2.05.